The summed E-state index contributed by atoms with van der Waals surface area (Å²) in [5.74, 6) is 0.862. The molecule has 4 rings (SSSR count). The third-order valence-corrected chi connectivity index (χ3v) is 5.52. The van der Waals surface area contributed by atoms with Crippen molar-refractivity contribution in [3.63, 3.8) is 0 Å². The molecule has 6 nitrogen and oxygen atoms in total. The number of fused-ring (bicyclic) bond motifs is 1. The van der Waals surface area contributed by atoms with E-state index >= 15 is 0 Å². The highest BCUT2D eigenvalue weighted by Crippen LogP contribution is 2.24. The van der Waals surface area contributed by atoms with Gasteiger partial charge in [0.1, 0.15) is 0 Å². The second-order valence-electron chi connectivity index (χ2n) is 7.72. The Morgan fingerprint density at radius 2 is 1.86 bits per heavy atom. The number of tetrazole rings is 1. The van der Waals surface area contributed by atoms with Crippen LogP contribution in [0.3, 0.4) is 0 Å². The standard InChI is InChI=1S/C23H28N6/c1-5-20(24-11-10-18-14-25-21-9-7-6-8-19(18)21)23-26-27-28-29(23)22-16(3)12-15(2)13-17(22)4/h6-9,12-14,20,24-25H,5,10-11H2,1-4H3. The van der Waals surface area contributed by atoms with Crippen molar-refractivity contribution < 1.29 is 0 Å². The molecule has 29 heavy (non-hydrogen) atoms. The second-order valence-corrected chi connectivity index (χ2v) is 7.72. The van der Waals surface area contributed by atoms with E-state index in [0.29, 0.717) is 0 Å². The number of rotatable bonds is 7. The largest absolute Gasteiger partial charge is 0.361 e. The molecule has 0 radical (unpaired) electrons. The van der Waals surface area contributed by atoms with Crippen molar-refractivity contribution in [3.8, 4) is 5.69 Å². The van der Waals surface area contributed by atoms with E-state index in [1.54, 1.807) is 0 Å². The van der Waals surface area contributed by atoms with Gasteiger partial charge in [0, 0.05) is 17.1 Å². The minimum atomic E-state index is 0.0929. The number of benzene rings is 2. The zero-order valence-electron chi connectivity index (χ0n) is 17.5. The highest BCUT2D eigenvalue weighted by atomic mass is 15.5. The van der Waals surface area contributed by atoms with Crippen molar-refractivity contribution in [1.82, 2.24) is 30.5 Å². The fourth-order valence-corrected chi connectivity index (χ4v) is 4.21. The SMILES string of the molecule is CCC(NCCc1c[nH]c2ccccc12)c1nnnn1-c1c(C)cc(C)cc1C. The molecular weight excluding hydrogens is 360 g/mol. The molecule has 0 bridgehead atoms. The highest BCUT2D eigenvalue weighted by Gasteiger charge is 2.20. The molecule has 0 amide bonds. The van der Waals surface area contributed by atoms with Crippen molar-refractivity contribution in [3.05, 3.63) is 70.7 Å². The summed E-state index contributed by atoms with van der Waals surface area (Å²) < 4.78 is 1.90. The van der Waals surface area contributed by atoms with E-state index in [1.807, 2.05) is 4.68 Å². The molecule has 2 aromatic carbocycles. The Morgan fingerprint density at radius 1 is 1.10 bits per heavy atom. The van der Waals surface area contributed by atoms with Crippen molar-refractivity contribution in [1.29, 1.82) is 0 Å². The second kappa shape index (κ2) is 8.17. The van der Waals surface area contributed by atoms with Gasteiger partial charge < -0.3 is 10.3 Å². The topological polar surface area (TPSA) is 71.4 Å². The molecule has 0 spiro atoms. The molecule has 4 aromatic rings. The van der Waals surface area contributed by atoms with Gasteiger partial charge in [0.05, 0.1) is 11.7 Å². The van der Waals surface area contributed by atoms with Crippen molar-refractivity contribution >= 4 is 10.9 Å². The lowest BCUT2D eigenvalue weighted by molar-refractivity contribution is 0.487. The third kappa shape index (κ3) is 3.80. The summed E-state index contributed by atoms with van der Waals surface area (Å²) in [5, 5.41) is 17.6. The number of nitrogens with one attached hydrogen (secondary N) is 2. The number of aryl methyl sites for hydroxylation is 3. The van der Waals surface area contributed by atoms with E-state index in [4.69, 9.17) is 0 Å². The lowest BCUT2D eigenvalue weighted by Crippen LogP contribution is -2.26. The first kappa shape index (κ1) is 19.3. The molecule has 0 saturated heterocycles. The number of nitrogens with zero attached hydrogens (tertiary/aromatic N) is 4. The van der Waals surface area contributed by atoms with E-state index in [9.17, 15) is 0 Å². The van der Waals surface area contributed by atoms with Gasteiger partial charge in [-0.2, -0.15) is 4.68 Å². The fraction of sp³-hybridized carbons (Fsp3) is 0.348. The van der Waals surface area contributed by atoms with Gasteiger partial charge in [-0.1, -0.05) is 42.8 Å². The molecule has 0 aliphatic heterocycles. The molecule has 1 atom stereocenters. The number of para-hydroxylation sites is 1. The maximum absolute atomic E-state index is 4.37. The summed E-state index contributed by atoms with van der Waals surface area (Å²) >= 11 is 0. The molecule has 0 saturated carbocycles. The minimum Gasteiger partial charge on any atom is -0.361 e. The third-order valence-electron chi connectivity index (χ3n) is 5.52. The molecule has 2 N–H and O–H groups in total. The maximum atomic E-state index is 4.37. The summed E-state index contributed by atoms with van der Waals surface area (Å²) in [5.41, 5.74) is 7.21. The Kier molecular flexibility index (Phi) is 5.45. The lowest BCUT2D eigenvalue weighted by atomic mass is 10.0. The monoisotopic (exact) mass is 388 g/mol. The normalized spacial score (nSPS) is 12.6. The lowest BCUT2D eigenvalue weighted by Gasteiger charge is -2.18. The Hall–Kier alpha value is -2.99. The van der Waals surface area contributed by atoms with Crippen LogP contribution in [0.25, 0.3) is 16.6 Å². The summed E-state index contributed by atoms with van der Waals surface area (Å²) in [7, 11) is 0. The van der Waals surface area contributed by atoms with E-state index < -0.39 is 0 Å². The molecule has 0 aliphatic carbocycles. The van der Waals surface area contributed by atoms with Crippen molar-refractivity contribution in [2.75, 3.05) is 6.54 Å². The van der Waals surface area contributed by atoms with Crippen LogP contribution in [-0.4, -0.2) is 31.7 Å². The van der Waals surface area contributed by atoms with Crippen LogP contribution in [0.2, 0.25) is 0 Å². The van der Waals surface area contributed by atoms with Crippen LogP contribution in [0.1, 0.15) is 47.5 Å². The van der Waals surface area contributed by atoms with Crippen LogP contribution in [0.5, 0.6) is 0 Å². The van der Waals surface area contributed by atoms with Gasteiger partial charge in [0.25, 0.3) is 0 Å². The minimum absolute atomic E-state index is 0.0929. The predicted molar refractivity (Wildman–Crippen MR) is 116 cm³/mol. The summed E-state index contributed by atoms with van der Waals surface area (Å²) in [6.07, 6.45) is 3.97. The van der Waals surface area contributed by atoms with Crippen LogP contribution in [0.4, 0.5) is 0 Å². The molecular formula is C23H28N6. The number of aromatic amines is 1. The summed E-state index contributed by atoms with van der Waals surface area (Å²) in [6.45, 7) is 9.38. The van der Waals surface area contributed by atoms with Crippen LogP contribution in [0, 0.1) is 20.8 Å². The number of aromatic nitrogens is 5. The van der Waals surface area contributed by atoms with Crippen LogP contribution in [-0.2, 0) is 6.42 Å². The molecule has 2 heterocycles. The van der Waals surface area contributed by atoms with Gasteiger partial charge in [-0.25, -0.2) is 0 Å². The van der Waals surface area contributed by atoms with E-state index in [-0.39, 0.29) is 6.04 Å². The molecule has 150 valence electrons. The van der Waals surface area contributed by atoms with E-state index in [2.05, 4.69) is 96.1 Å². The first-order valence-electron chi connectivity index (χ1n) is 10.2. The molecule has 2 aromatic heterocycles. The molecule has 0 aliphatic rings. The maximum Gasteiger partial charge on any atom is 0.173 e. The van der Waals surface area contributed by atoms with Gasteiger partial charge in [-0.15, -0.1) is 5.10 Å². The first-order valence-corrected chi connectivity index (χ1v) is 10.2. The van der Waals surface area contributed by atoms with Crippen molar-refractivity contribution in [2.24, 2.45) is 0 Å². The van der Waals surface area contributed by atoms with E-state index in [0.717, 1.165) is 30.9 Å². The molecule has 6 heteroatoms. The Morgan fingerprint density at radius 3 is 2.62 bits per heavy atom. The summed E-state index contributed by atoms with van der Waals surface area (Å²) in [4.78, 5) is 3.35. The smallest absolute Gasteiger partial charge is 0.173 e. The average Bonchev–Trinajstić information content (AvgIpc) is 3.32. The van der Waals surface area contributed by atoms with Gasteiger partial charge in [0.15, 0.2) is 5.82 Å². The quantitative estimate of drug-likeness (QED) is 0.494. The van der Waals surface area contributed by atoms with Gasteiger partial charge in [-0.05, 0) is 73.3 Å². The van der Waals surface area contributed by atoms with Gasteiger partial charge in [0.2, 0.25) is 0 Å². The fourth-order valence-electron chi connectivity index (χ4n) is 4.21. The highest BCUT2D eigenvalue weighted by molar-refractivity contribution is 5.83. The van der Waals surface area contributed by atoms with Crippen LogP contribution in [0.15, 0.2) is 42.6 Å². The molecule has 1 unspecified atom stereocenters. The van der Waals surface area contributed by atoms with Gasteiger partial charge in [-0.3, -0.25) is 0 Å². The Balaban J connectivity index is 1.53. The summed E-state index contributed by atoms with van der Waals surface area (Å²) in [6, 6.07) is 12.9. The molecule has 0 fully saturated rings. The zero-order chi connectivity index (χ0) is 20.4. The average molecular weight is 389 g/mol. The number of H-pyrrole nitrogens is 1. The zero-order valence-corrected chi connectivity index (χ0v) is 17.5. The van der Waals surface area contributed by atoms with Crippen molar-refractivity contribution in [2.45, 2.75) is 46.6 Å². The van der Waals surface area contributed by atoms with E-state index in [1.165, 1.54) is 33.2 Å². The van der Waals surface area contributed by atoms with Gasteiger partial charge >= 0.3 is 0 Å². The number of hydrogen-bond donors (Lipinski definition) is 2. The Bertz CT molecular complexity index is 1100. The Labute approximate surface area is 171 Å². The predicted octanol–water partition coefficient (Wildman–Crippen LogP) is 4.35. The van der Waals surface area contributed by atoms with Crippen LogP contribution >= 0.6 is 0 Å². The van der Waals surface area contributed by atoms with Crippen LogP contribution < -0.4 is 5.32 Å². The first-order chi connectivity index (χ1) is 14.1. The number of hydrogen-bond acceptors (Lipinski definition) is 4.